The maximum atomic E-state index is 12.8. The SMILES string of the molecule is Cc1cc(C(F)(F)F)nc(NNC(=O)c2ccncc2)c1C#N. The largest absolute Gasteiger partial charge is 0.433 e. The summed E-state index contributed by atoms with van der Waals surface area (Å²) in [5.74, 6) is -0.976. The Labute approximate surface area is 129 Å². The number of aromatic nitrogens is 2. The first-order valence-corrected chi connectivity index (χ1v) is 6.28. The number of hydrogen-bond donors (Lipinski definition) is 2. The molecule has 2 N–H and O–H groups in total. The highest BCUT2D eigenvalue weighted by Gasteiger charge is 2.34. The molecular weight excluding hydrogens is 311 g/mol. The third kappa shape index (κ3) is 3.74. The fourth-order valence-electron chi connectivity index (χ4n) is 1.74. The third-order valence-electron chi connectivity index (χ3n) is 2.86. The summed E-state index contributed by atoms with van der Waals surface area (Å²) < 4.78 is 38.3. The normalized spacial score (nSPS) is 10.7. The average Bonchev–Trinajstić information content (AvgIpc) is 2.52. The number of nitrogens with one attached hydrogen (secondary N) is 2. The maximum absolute atomic E-state index is 12.8. The molecule has 118 valence electrons. The van der Waals surface area contributed by atoms with E-state index in [2.05, 4.69) is 20.8 Å². The van der Waals surface area contributed by atoms with Crippen LogP contribution in [0.2, 0.25) is 0 Å². The van der Waals surface area contributed by atoms with Crippen LogP contribution < -0.4 is 10.9 Å². The zero-order valence-electron chi connectivity index (χ0n) is 11.8. The van der Waals surface area contributed by atoms with E-state index >= 15 is 0 Å². The van der Waals surface area contributed by atoms with E-state index in [0.717, 1.165) is 6.07 Å². The molecule has 23 heavy (non-hydrogen) atoms. The highest BCUT2D eigenvalue weighted by molar-refractivity contribution is 5.94. The van der Waals surface area contributed by atoms with Gasteiger partial charge in [0.05, 0.1) is 5.56 Å². The first-order chi connectivity index (χ1) is 10.8. The smallest absolute Gasteiger partial charge is 0.280 e. The summed E-state index contributed by atoms with van der Waals surface area (Å²) in [6, 6.07) is 5.37. The van der Waals surface area contributed by atoms with Crippen LogP contribution in [-0.2, 0) is 6.18 Å². The first kappa shape index (κ1) is 16.2. The second kappa shape index (κ2) is 6.31. The minimum atomic E-state index is -4.66. The second-order valence-corrected chi connectivity index (χ2v) is 4.47. The molecule has 0 aliphatic heterocycles. The van der Waals surface area contributed by atoms with Crippen LogP contribution >= 0.6 is 0 Å². The summed E-state index contributed by atoms with van der Waals surface area (Å²) in [6.07, 6.45) is -1.88. The Morgan fingerprint density at radius 2 is 1.96 bits per heavy atom. The molecule has 0 aromatic carbocycles. The molecule has 0 bridgehead atoms. The van der Waals surface area contributed by atoms with Gasteiger partial charge in [0.2, 0.25) is 0 Å². The number of aryl methyl sites for hydroxylation is 1. The summed E-state index contributed by atoms with van der Waals surface area (Å²) in [5, 5.41) is 9.04. The van der Waals surface area contributed by atoms with Gasteiger partial charge >= 0.3 is 6.18 Å². The van der Waals surface area contributed by atoms with Crippen molar-refractivity contribution in [1.29, 1.82) is 5.26 Å². The quantitative estimate of drug-likeness (QED) is 0.847. The van der Waals surface area contributed by atoms with Gasteiger partial charge in [-0.15, -0.1) is 0 Å². The summed E-state index contributed by atoms with van der Waals surface area (Å²) in [4.78, 5) is 18.9. The van der Waals surface area contributed by atoms with E-state index in [4.69, 9.17) is 5.26 Å². The lowest BCUT2D eigenvalue weighted by atomic mass is 10.1. The molecule has 0 unspecified atom stereocenters. The third-order valence-corrected chi connectivity index (χ3v) is 2.86. The molecule has 2 rings (SSSR count). The van der Waals surface area contributed by atoms with Crippen molar-refractivity contribution in [2.75, 3.05) is 5.43 Å². The molecule has 6 nitrogen and oxygen atoms in total. The van der Waals surface area contributed by atoms with E-state index in [1.807, 2.05) is 0 Å². The topological polar surface area (TPSA) is 90.7 Å². The van der Waals surface area contributed by atoms with E-state index in [1.165, 1.54) is 31.5 Å². The van der Waals surface area contributed by atoms with Gasteiger partial charge in [-0.1, -0.05) is 0 Å². The van der Waals surface area contributed by atoms with Gasteiger partial charge in [-0.2, -0.15) is 18.4 Å². The number of hydrogen-bond acceptors (Lipinski definition) is 5. The first-order valence-electron chi connectivity index (χ1n) is 6.28. The van der Waals surface area contributed by atoms with E-state index in [0.29, 0.717) is 0 Å². The molecule has 0 radical (unpaired) electrons. The number of nitrogens with zero attached hydrogens (tertiary/aromatic N) is 3. The molecule has 2 aromatic heterocycles. The number of anilines is 1. The van der Waals surface area contributed by atoms with Crippen molar-refractivity contribution in [2.45, 2.75) is 13.1 Å². The van der Waals surface area contributed by atoms with Gasteiger partial charge < -0.3 is 0 Å². The van der Waals surface area contributed by atoms with E-state index < -0.39 is 17.8 Å². The Morgan fingerprint density at radius 1 is 1.30 bits per heavy atom. The highest BCUT2D eigenvalue weighted by Crippen LogP contribution is 2.30. The number of rotatable bonds is 3. The highest BCUT2D eigenvalue weighted by atomic mass is 19.4. The Hall–Kier alpha value is -3.15. The number of carbonyl (C=O) groups excluding carboxylic acids is 1. The van der Waals surface area contributed by atoms with Gasteiger partial charge in [-0.25, -0.2) is 4.98 Å². The van der Waals surface area contributed by atoms with Gasteiger partial charge in [-0.05, 0) is 30.7 Å². The minimum absolute atomic E-state index is 0.0898. The van der Waals surface area contributed by atoms with Crippen LogP contribution in [0.1, 0.15) is 27.2 Å². The number of nitriles is 1. The van der Waals surface area contributed by atoms with Crippen LogP contribution in [0.4, 0.5) is 19.0 Å². The number of hydrazine groups is 1. The van der Waals surface area contributed by atoms with Crippen LogP contribution in [0.3, 0.4) is 0 Å². The van der Waals surface area contributed by atoms with Crippen LogP contribution in [0.15, 0.2) is 30.6 Å². The van der Waals surface area contributed by atoms with Crippen molar-refractivity contribution in [2.24, 2.45) is 0 Å². The van der Waals surface area contributed by atoms with Crippen molar-refractivity contribution in [1.82, 2.24) is 15.4 Å². The van der Waals surface area contributed by atoms with Gasteiger partial charge in [0.1, 0.15) is 11.8 Å². The number of amides is 1. The predicted molar refractivity (Wildman–Crippen MR) is 74.0 cm³/mol. The van der Waals surface area contributed by atoms with Gasteiger partial charge in [-0.3, -0.25) is 20.6 Å². The number of pyridine rings is 2. The van der Waals surface area contributed by atoms with Crippen LogP contribution in [0, 0.1) is 18.3 Å². The Balaban J connectivity index is 2.27. The fraction of sp³-hybridized carbons (Fsp3) is 0.143. The lowest BCUT2D eigenvalue weighted by molar-refractivity contribution is -0.141. The standard InChI is InChI=1S/C14H10F3N5O/c1-8-6-11(14(15,16)17)20-12(10(8)7-18)21-22-13(23)9-2-4-19-5-3-9/h2-6H,1H3,(H,20,21)(H,22,23). The predicted octanol–water partition coefficient (Wildman–Crippen LogP) is 2.43. The van der Waals surface area contributed by atoms with Crippen LogP contribution in [-0.4, -0.2) is 15.9 Å². The molecule has 2 aromatic rings. The second-order valence-electron chi connectivity index (χ2n) is 4.47. The van der Waals surface area contributed by atoms with Gasteiger partial charge in [0.15, 0.2) is 5.82 Å². The Kier molecular flexibility index (Phi) is 4.45. The number of halogens is 3. The zero-order valence-corrected chi connectivity index (χ0v) is 11.8. The van der Waals surface area contributed by atoms with Crippen molar-refractivity contribution in [3.63, 3.8) is 0 Å². The van der Waals surface area contributed by atoms with Crippen molar-refractivity contribution in [3.8, 4) is 6.07 Å². The molecule has 0 atom stereocenters. The van der Waals surface area contributed by atoms with Gasteiger partial charge in [0, 0.05) is 18.0 Å². The summed E-state index contributed by atoms with van der Waals surface area (Å²) in [5.41, 5.74) is 3.55. The van der Waals surface area contributed by atoms with E-state index in [9.17, 15) is 18.0 Å². The van der Waals surface area contributed by atoms with E-state index in [1.54, 1.807) is 6.07 Å². The fourth-order valence-corrected chi connectivity index (χ4v) is 1.74. The molecular formula is C14H10F3N5O. The lowest BCUT2D eigenvalue weighted by Crippen LogP contribution is -2.30. The van der Waals surface area contributed by atoms with E-state index in [-0.39, 0.29) is 22.5 Å². The summed E-state index contributed by atoms with van der Waals surface area (Å²) >= 11 is 0. The number of alkyl halides is 3. The molecule has 0 saturated carbocycles. The van der Waals surface area contributed by atoms with Crippen LogP contribution in [0.25, 0.3) is 0 Å². The van der Waals surface area contributed by atoms with Crippen molar-refractivity contribution in [3.05, 3.63) is 53.0 Å². The maximum Gasteiger partial charge on any atom is 0.433 e. The molecule has 0 saturated heterocycles. The summed E-state index contributed by atoms with van der Waals surface area (Å²) in [6.45, 7) is 1.35. The van der Waals surface area contributed by atoms with Gasteiger partial charge in [0.25, 0.3) is 5.91 Å². The molecule has 0 spiro atoms. The minimum Gasteiger partial charge on any atom is -0.280 e. The molecule has 1 amide bonds. The monoisotopic (exact) mass is 321 g/mol. The number of carbonyl (C=O) groups is 1. The average molecular weight is 321 g/mol. The Bertz CT molecular complexity index is 768. The molecule has 0 fully saturated rings. The molecule has 2 heterocycles. The molecule has 9 heteroatoms. The molecule has 0 aliphatic carbocycles. The zero-order chi connectivity index (χ0) is 17.0. The summed E-state index contributed by atoms with van der Waals surface area (Å²) in [7, 11) is 0. The Morgan fingerprint density at radius 3 is 2.52 bits per heavy atom. The van der Waals surface area contributed by atoms with Crippen molar-refractivity contribution < 1.29 is 18.0 Å². The molecule has 0 aliphatic rings. The lowest BCUT2D eigenvalue weighted by Gasteiger charge is -2.13. The van der Waals surface area contributed by atoms with Crippen LogP contribution in [0.5, 0.6) is 0 Å². The van der Waals surface area contributed by atoms with Crippen molar-refractivity contribution >= 4 is 11.7 Å².